The maximum atomic E-state index is 12.6. The van der Waals surface area contributed by atoms with Crippen molar-refractivity contribution in [3.63, 3.8) is 0 Å². The number of fused-ring (bicyclic) bond motifs is 1. The molecule has 2 heterocycles. The molecule has 0 atom stereocenters. The van der Waals surface area contributed by atoms with Gasteiger partial charge in [-0.3, -0.25) is 0 Å². The number of nitrogen functional groups attached to an aromatic ring is 1. The van der Waals surface area contributed by atoms with Crippen LogP contribution in [0.15, 0.2) is 53.7 Å². The van der Waals surface area contributed by atoms with Crippen molar-refractivity contribution in [3.8, 4) is 6.07 Å². The average Bonchev–Trinajstić information content (AvgIpc) is 2.94. The van der Waals surface area contributed by atoms with E-state index in [9.17, 15) is 8.42 Å². The molecular formula is C14H10N4O2S. The summed E-state index contributed by atoms with van der Waals surface area (Å²) in [7, 11) is -3.74. The number of benzene rings is 1. The summed E-state index contributed by atoms with van der Waals surface area (Å²) < 4.78 is 26.2. The number of nitrogens with two attached hydrogens (primary N) is 1. The van der Waals surface area contributed by atoms with E-state index in [4.69, 9.17) is 11.0 Å². The van der Waals surface area contributed by atoms with Crippen LogP contribution >= 0.6 is 0 Å². The molecule has 0 aliphatic heterocycles. The number of rotatable bonds is 2. The summed E-state index contributed by atoms with van der Waals surface area (Å²) in [5.41, 5.74) is 6.50. The van der Waals surface area contributed by atoms with Gasteiger partial charge in [0.05, 0.1) is 16.1 Å². The van der Waals surface area contributed by atoms with Gasteiger partial charge in [-0.05, 0) is 18.2 Å². The number of anilines is 1. The molecule has 0 aliphatic rings. The van der Waals surface area contributed by atoms with Crippen LogP contribution in [0, 0.1) is 11.3 Å². The summed E-state index contributed by atoms with van der Waals surface area (Å²) in [4.78, 5) is 4.21. The first kappa shape index (κ1) is 13.1. The Kier molecular flexibility index (Phi) is 2.89. The maximum absolute atomic E-state index is 12.6. The molecule has 0 aliphatic carbocycles. The van der Waals surface area contributed by atoms with Crippen molar-refractivity contribution in [3.05, 3.63) is 54.4 Å². The number of nitriles is 1. The van der Waals surface area contributed by atoms with Crippen molar-refractivity contribution in [1.29, 1.82) is 5.26 Å². The predicted octanol–water partition coefficient (Wildman–Crippen LogP) is 1.73. The van der Waals surface area contributed by atoms with E-state index in [-0.39, 0.29) is 21.8 Å². The van der Waals surface area contributed by atoms with Gasteiger partial charge in [0.1, 0.15) is 6.07 Å². The van der Waals surface area contributed by atoms with Crippen LogP contribution in [0.3, 0.4) is 0 Å². The molecule has 21 heavy (non-hydrogen) atoms. The van der Waals surface area contributed by atoms with Crippen molar-refractivity contribution in [1.82, 2.24) is 8.96 Å². The third kappa shape index (κ3) is 1.93. The van der Waals surface area contributed by atoms with Gasteiger partial charge in [-0.2, -0.15) is 5.26 Å². The summed E-state index contributed by atoms with van der Waals surface area (Å²) >= 11 is 0. The van der Waals surface area contributed by atoms with E-state index >= 15 is 0 Å². The minimum absolute atomic E-state index is 0.159. The van der Waals surface area contributed by atoms with Gasteiger partial charge < -0.3 is 5.73 Å². The molecule has 104 valence electrons. The zero-order valence-corrected chi connectivity index (χ0v) is 11.6. The van der Waals surface area contributed by atoms with E-state index in [2.05, 4.69) is 4.98 Å². The molecular weight excluding hydrogens is 288 g/mol. The second-order valence-corrected chi connectivity index (χ2v) is 6.18. The van der Waals surface area contributed by atoms with Gasteiger partial charge in [-0.1, -0.05) is 18.2 Å². The lowest BCUT2D eigenvalue weighted by Crippen LogP contribution is -2.12. The van der Waals surface area contributed by atoms with E-state index in [1.807, 2.05) is 6.07 Å². The summed E-state index contributed by atoms with van der Waals surface area (Å²) in [6.07, 6.45) is 2.66. The first-order valence-electron chi connectivity index (χ1n) is 6.02. The summed E-state index contributed by atoms with van der Waals surface area (Å²) in [5.74, 6) is 0. The fourth-order valence-electron chi connectivity index (χ4n) is 2.07. The molecule has 2 aromatic heterocycles. The average molecular weight is 298 g/mol. The van der Waals surface area contributed by atoms with Crippen molar-refractivity contribution in [2.75, 3.05) is 5.73 Å². The van der Waals surface area contributed by atoms with Crippen molar-refractivity contribution in [2.45, 2.75) is 4.90 Å². The Bertz CT molecular complexity index is 969. The second kappa shape index (κ2) is 4.61. The third-order valence-corrected chi connectivity index (χ3v) is 4.82. The molecule has 0 spiro atoms. The SMILES string of the molecule is N#Cc1cnc2c(ccn2S(=O)(=O)c2ccccc2)c1N. The highest BCUT2D eigenvalue weighted by molar-refractivity contribution is 7.90. The molecule has 0 saturated carbocycles. The van der Waals surface area contributed by atoms with Crippen LogP contribution in [0.2, 0.25) is 0 Å². The quantitative estimate of drug-likeness (QED) is 0.776. The molecule has 6 nitrogen and oxygen atoms in total. The lowest BCUT2D eigenvalue weighted by molar-refractivity contribution is 0.589. The Morgan fingerprint density at radius 3 is 2.57 bits per heavy atom. The smallest absolute Gasteiger partial charge is 0.269 e. The molecule has 2 N–H and O–H groups in total. The Hall–Kier alpha value is -2.85. The van der Waals surface area contributed by atoms with Crippen LogP contribution in [0.1, 0.15) is 5.56 Å². The molecule has 0 amide bonds. The minimum Gasteiger partial charge on any atom is -0.397 e. The van der Waals surface area contributed by atoms with E-state index in [1.54, 1.807) is 24.3 Å². The highest BCUT2D eigenvalue weighted by atomic mass is 32.2. The molecule has 0 radical (unpaired) electrons. The van der Waals surface area contributed by atoms with Crippen LogP contribution in [0.25, 0.3) is 11.0 Å². The van der Waals surface area contributed by atoms with Crippen LogP contribution < -0.4 is 5.73 Å². The van der Waals surface area contributed by atoms with Crippen molar-refractivity contribution < 1.29 is 8.42 Å². The van der Waals surface area contributed by atoms with Crippen LogP contribution in [0.4, 0.5) is 5.69 Å². The topological polar surface area (TPSA) is 102 Å². The zero-order chi connectivity index (χ0) is 15.0. The van der Waals surface area contributed by atoms with Crippen molar-refractivity contribution >= 4 is 26.7 Å². The number of hydrogen-bond donors (Lipinski definition) is 1. The van der Waals surface area contributed by atoms with E-state index in [1.165, 1.54) is 24.5 Å². The van der Waals surface area contributed by atoms with E-state index < -0.39 is 10.0 Å². The number of aromatic nitrogens is 2. The monoisotopic (exact) mass is 298 g/mol. The first-order valence-corrected chi connectivity index (χ1v) is 7.46. The van der Waals surface area contributed by atoms with Gasteiger partial charge in [-0.25, -0.2) is 17.4 Å². The molecule has 3 rings (SSSR count). The Balaban J connectivity index is 2.28. The highest BCUT2D eigenvalue weighted by Gasteiger charge is 2.20. The minimum atomic E-state index is -3.74. The zero-order valence-electron chi connectivity index (χ0n) is 10.8. The number of hydrogen-bond acceptors (Lipinski definition) is 5. The standard InChI is InChI=1S/C14H10N4O2S/c15-8-10-9-17-14-12(13(10)16)6-7-18(14)21(19,20)11-4-2-1-3-5-11/h1-7,9H,(H2,16,17). The Morgan fingerprint density at radius 1 is 1.19 bits per heavy atom. The Labute approximate surface area is 121 Å². The lowest BCUT2D eigenvalue weighted by atomic mass is 10.2. The first-order chi connectivity index (χ1) is 10.1. The van der Waals surface area contributed by atoms with Crippen LogP contribution in [-0.4, -0.2) is 17.4 Å². The van der Waals surface area contributed by atoms with Gasteiger partial charge in [0.2, 0.25) is 0 Å². The summed E-state index contributed by atoms with van der Waals surface area (Å²) in [6, 6.07) is 11.5. The van der Waals surface area contributed by atoms with Crippen molar-refractivity contribution in [2.24, 2.45) is 0 Å². The second-order valence-electron chi connectivity index (χ2n) is 4.36. The molecule has 0 bridgehead atoms. The highest BCUT2D eigenvalue weighted by Crippen LogP contribution is 2.26. The number of nitrogens with zero attached hydrogens (tertiary/aromatic N) is 3. The van der Waals surface area contributed by atoms with Gasteiger partial charge in [-0.15, -0.1) is 0 Å². The molecule has 7 heteroatoms. The van der Waals surface area contributed by atoms with E-state index in [0.717, 1.165) is 3.97 Å². The Morgan fingerprint density at radius 2 is 1.90 bits per heavy atom. The third-order valence-electron chi connectivity index (χ3n) is 3.14. The maximum Gasteiger partial charge on any atom is 0.269 e. The van der Waals surface area contributed by atoms with Crippen LogP contribution in [-0.2, 0) is 10.0 Å². The molecule has 0 saturated heterocycles. The normalized spacial score (nSPS) is 11.4. The summed E-state index contributed by atoms with van der Waals surface area (Å²) in [5, 5.41) is 9.37. The van der Waals surface area contributed by atoms with Gasteiger partial charge in [0.15, 0.2) is 5.65 Å². The largest absolute Gasteiger partial charge is 0.397 e. The molecule has 0 unspecified atom stereocenters. The number of pyridine rings is 1. The molecule has 3 aromatic rings. The lowest BCUT2D eigenvalue weighted by Gasteiger charge is -2.07. The van der Waals surface area contributed by atoms with Gasteiger partial charge >= 0.3 is 0 Å². The molecule has 1 aromatic carbocycles. The van der Waals surface area contributed by atoms with Gasteiger partial charge in [0, 0.05) is 17.8 Å². The fraction of sp³-hybridized carbons (Fsp3) is 0. The van der Waals surface area contributed by atoms with E-state index in [0.29, 0.717) is 5.39 Å². The fourth-order valence-corrected chi connectivity index (χ4v) is 3.39. The van der Waals surface area contributed by atoms with Gasteiger partial charge in [0.25, 0.3) is 10.0 Å². The van der Waals surface area contributed by atoms with Crippen LogP contribution in [0.5, 0.6) is 0 Å². The predicted molar refractivity (Wildman–Crippen MR) is 77.9 cm³/mol. The molecule has 0 fully saturated rings. The summed E-state index contributed by atoms with van der Waals surface area (Å²) in [6.45, 7) is 0.